The summed E-state index contributed by atoms with van der Waals surface area (Å²) in [7, 11) is 4.01. The van der Waals surface area contributed by atoms with Crippen molar-refractivity contribution in [3.05, 3.63) is 48.2 Å². The first-order valence-corrected chi connectivity index (χ1v) is 7.00. The van der Waals surface area contributed by atoms with Gasteiger partial charge in [-0.1, -0.05) is 50.2 Å². The first-order chi connectivity index (χ1) is 9.59. The minimum Gasteiger partial charge on any atom is -0.156 e. The van der Waals surface area contributed by atoms with Crippen LogP contribution in [0.3, 0.4) is 0 Å². The molecule has 3 heteroatoms. The Balaban J connectivity index is 2.42. The fraction of sp³-hybridized carbons (Fsp3) is 0.294. The van der Waals surface area contributed by atoms with Crippen molar-refractivity contribution >= 4 is 10.8 Å². The number of hydrogen-bond acceptors (Lipinski definition) is 1. The zero-order chi connectivity index (χ0) is 14.3. The topological polar surface area (TPSA) is 21.7 Å². The van der Waals surface area contributed by atoms with Gasteiger partial charge in [-0.05, 0) is 27.1 Å². The molecule has 0 unspecified atom stereocenters. The molecule has 2 aromatic carbocycles. The number of fused-ring (bicyclic) bond motifs is 1. The van der Waals surface area contributed by atoms with Gasteiger partial charge in [0.05, 0.1) is 7.05 Å². The first kappa shape index (κ1) is 12.9. The second-order valence-electron chi connectivity index (χ2n) is 5.55. The molecule has 0 saturated heterocycles. The van der Waals surface area contributed by atoms with E-state index in [0.29, 0.717) is 5.92 Å². The maximum atomic E-state index is 4.38. The molecule has 0 fully saturated rings. The molecule has 0 aliphatic heterocycles. The number of benzene rings is 2. The molecule has 0 spiro atoms. The highest BCUT2D eigenvalue weighted by Gasteiger charge is 2.20. The third-order valence-corrected chi connectivity index (χ3v) is 3.97. The lowest BCUT2D eigenvalue weighted by atomic mass is 9.91. The summed E-state index contributed by atoms with van der Waals surface area (Å²) in [5.41, 5.74) is 3.83. The van der Waals surface area contributed by atoms with E-state index in [1.54, 1.807) is 0 Å². The Kier molecular flexibility index (Phi) is 3.05. The lowest BCUT2D eigenvalue weighted by molar-refractivity contribution is -0.746. The van der Waals surface area contributed by atoms with Gasteiger partial charge in [0.15, 0.2) is 0 Å². The third kappa shape index (κ3) is 1.90. The third-order valence-electron chi connectivity index (χ3n) is 3.97. The van der Waals surface area contributed by atoms with E-state index in [1.807, 2.05) is 25.1 Å². The van der Waals surface area contributed by atoms with E-state index >= 15 is 0 Å². The highest BCUT2D eigenvalue weighted by molar-refractivity contribution is 5.97. The Morgan fingerprint density at radius 1 is 1.10 bits per heavy atom. The molecule has 0 saturated carbocycles. The van der Waals surface area contributed by atoms with Crippen molar-refractivity contribution in [1.82, 2.24) is 9.90 Å². The Hall–Kier alpha value is -2.16. The summed E-state index contributed by atoms with van der Waals surface area (Å²) >= 11 is 0. The van der Waals surface area contributed by atoms with E-state index < -0.39 is 0 Å². The molecule has 1 heterocycles. The molecule has 1 aromatic heterocycles. The molecular formula is C17H20N3+. The standard InChI is InChI=1S/C17H20N3/c1-12(2)14-10-9-13-7-5-6-8-15(13)17(14)16-11-18-20(4)19(16)3/h5-12H,1-4H3/q+1. The summed E-state index contributed by atoms with van der Waals surface area (Å²) in [5.74, 6) is 0.481. The van der Waals surface area contributed by atoms with Crippen molar-refractivity contribution in [2.45, 2.75) is 19.8 Å². The Morgan fingerprint density at radius 2 is 1.85 bits per heavy atom. The average molecular weight is 266 g/mol. The van der Waals surface area contributed by atoms with Crippen LogP contribution in [0.5, 0.6) is 0 Å². The highest BCUT2D eigenvalue weighted by atomic mass is 15.5. The molecule has 20 heavy (non-hydrogen) atoms. The molecule has 0 bridgehead atoms. The van der Waals surface area contributed by atoms with Gasteiger partial charge in [0, 0.05) is 10.7 Å². The van der Waals surface area contributed by atoms with Crippen molar-refractivity contribution in [1.29, 1.82) is 0 Å². The van der Waals surface area contributed by atoms with Gasteiger partial charge in [-0.15, -0.1) is 0 Å². The molecule has 0 aliphatic carbocycles. The zero-order valence-electron chi connectivity index (χ0n) is 12.5. The van der Waals surface area contributed by atoms with E-state index in [4.69, 9.17) is 0 Å². The van der Waals surface area contributed by atoms with Crippen LogP contribution in [0.1, 0.15) is 25.3 Å². The van der Waals surface area contributed by atoms with Crippen LogP contribution in [-0.4, -0.2) is 9.90 Å². The van der Waals surface area contributed by atoms with Crippen LogP contribution in [-0.2, 0) is 14.1 Å². The first-order valence-electron chi connectivity index (χ1n) is 7.00. The van der Waals surface area contributed by atoms with Crippen LogP contribution in [0, 0.1) is 0 Å². The molecule has 102 valence electrons. The minimum absolute atomic E-state index is 0.481. The summed E-state index contributed by atoms with van der Waals surface area (Å²) in [6.07, 6.45) is 1.95. The predicted molar refractivity (Wildman–Crippen MR) is 81.4 cm³/mol. The average Bonchev–Trinajstić information content (AvgIpc) is 2.77. The van der Waals surface area contributed by atoms with E-state index in [2.05, 4.69) is 60.0 Å². The Labute approximate surface area is 119 Å². The van der Waals surface area contributed by atoms with E-state index in [-0.39, 0.29) is 0 Å². The predicted octanol–water partition coefficient (Wildman–Crippen LogP) is 3.19. The summed E-state index contributed by atoms with van der Waals surface area (Å²) in [4.78, 5) is 1.86. The lowest BCUT2D eigenvalue weighted by Crippen LogP contribution is -2.39. The fourth-order valence-corrected chi connectivity index (χ4v) is 2.74. The molecular weight excluding hydrogens is 246 g/mol. The van der Waals surface area contributed by atoms with Crippen LogP contribution >= 0.6 is 0 Å². The SMILES string of the molecule is CC(C)c1ccc2ccccc2c1-c1cnn(C)[n+]1C. The van der Waals surface area contributed by atoms with Gasteiger partial charge in [0.25, 0.3) is 0 Å². The van der Waals surface area contributed by atoms with Gasteiger partial charge in [-0.2, -0.15) is 4.68 Å². The van der Waals surface area contributed by atoms with Crippen molar-refractivity contribution < 1.29 is 4.68 Å². The number of nitrogens with zero attached hydrogens (tertiary/aromatic N) is 3. The van der Waals surface area contributed by atoms with Gasteiger partial charge < -0.3 is 0 Å². The Bertz CT molecular complexity index is 769. The maximum absolute atomic E-state index is 4.38. The van der Waals surface area contributed by atoms with Gasteiger partial charge in [-0.25, -0.2) is 0 Å². The molecule has 0 aliphatic rings. The normalized spacial score (nSPS) is 11.4. The van der Waals surface area contributed by atoms with E-state index in [0.717, 1.165) is 5.69 Å². The summed E-state index contributed by atoms with van der Waals surface area (Å²) in [6.45, 7) is 4.48. The van der Waals surface area contributed by atoms with E-state index in [1.165, 1.54) is 21.9 Å². The van der Waals surface area contributed by atoms with Crippen molar-refractivity contribution in [3.63, 3.8) is 0 Å². The highest BCUT2D eigenvalue weighted by Crippen LogP contribution is 2.34. The minimum atomic E-state index is 0.481. The second kappa shape index (κ2) is 4.75. The quantitative estimate of drug-likeness (QED) is 0.653. The van der Waals surface area contributed by atoms with Gasteiger partial charge in [-0.3, -0.25) is 0 Å². The molecule has 0 radical (unpaired) electrons. The van der Waals surface area contributed by atoms with Crippen molar-refractivity contribution in [2.75, 3.05) is 0 Å². The molecule has 0 N–H and O–H groups in total. The maximum Gasteiger partial charge on any atom is 0.214 e. The molecule has 3 aromatic rings. The van der Waals surface area contributed by atoms with Crippen LogP contribution in [0.15, 0.2) is 42.6 Å². The fourth-order valence-electron chi connectivity index (χ4n) is 2.74. The number of aryl methyl sites for hydroxylation is 1. The summed E-state index contributed by atoms with van der Waals surface area (Å²) < 4.78 is 2.09. The van der Waals surface area contributed by atoms with E-state index in [9.17, 15) is 0 Å². The number of hydrogen-bond donors (Lipinski definition) is 0. The van der Waals surface area contributed by atoms with Gasteiger partial charge >= 0.3 is 0 Å². The monoisotopic (exact) mass is 266 g/mol. The second-order valence-corrected chi connectivity index (χ2v) is 5.55. The smallest absolute Gasteiger partial charge is 0.156 e. The Morgan fingerprint density at radius 3 is 2.50 bits per heavy atom. The zero-order valence-corrected chi connectivity index (χ0v) is 12.5. The molecule has 3 rings (SSSR count). The molecule has 0 atom stereocenters. The largest absolute Gasteiger partial charge is 0.214 e. The summed E-state index contributed by atoms with van der Waals surface area (Å²) in [6, 6.07) is 13.0. The number of rotatable bonds is 2. The van der Waals surface area contributed by atoms with Crippen LogP contribution in [0.2, 0.25) is 0 Å². The molecule has 3 nitrogen and oxygen atoms in total. The van der Waals surface area contributed by atoms with Crippen LogP contribution in [0.4, 0.5) is 0 Å². The van der Waals surface area contributed by atoms with Gasteiger partial charge in [0.1, 0.15) is 7.05 Å². The van der Waals surface area contributed by atoms with Crippen molar-refractivity contribution in [2.24, 2.45) is 14.1 Å². The van der Waals surface area contributed by atoms with Crippen LogP contribution < -0.4 is 4.68 Å². The summed E-state index contributed by atoms with van der Waals surface area (Å²) in [5, 5.41) is 6.95. The number of aromatic nitrogens is 3. The lowest BCUT2D eigenvalue weighted by Gasteiger charge is -2.13. The van der Waals surface area contributed by atoms with Gasteiger partial charge in [0.2, 0.25) is 11.9 Å². The van der Waals surface area contributed by atoms with Crippen molar-refractivity contribution in [3.8, 4) is 11.3 Å². The van der Waals surface area contributed by atoms with Crippen LogP contribution in [0.25, 0.3) is 22.0 Å². The molecule has 0 amide bonds.